The Kier molecular flexibility index (Phi) is 5.17. The largest absolute Gasteiger partial charge is 0.497 e. The van der Waals surface area contributed by atoms with Crippen LogP contribution in [0.15, 0.2) is 24.3 Å². The van der Waals surface area contributed by atoms with Crippen LogP contribution in [0.4, 0.5) is 0 Å². The molecule has 0 bridgehead atoms. The van der Waals surface area contributed by atoms with Gasteiger partial charge in [0.2, 0.25) is 0 Å². The standard InChI is InChI=1S/C16H23NO3S/c1-16(2,3)21-11-17(15(18)14-10-20-14)9-12-5-7-13(19-4)8-6-12/h5-8,14H,9-11H2,1-4H3/t14-/m1/s1. The van der Waals surface area contributed by atoms with Crippen LogP contribution >= 0.6 is 11.8 Å². The van der Waals surface area contributed by atoms with Gasteiger partial charge >= 0.3 is 0 Å². The number of methoxy groups -OCH3 is 1. The van der Waals surface area contributed by atoms with E-state index in [0.29, 0.717) is 19.0 Å². The molecule has 4 nitrogen and oxygen atoms in total. The number of nitrogens with zero attached hydrogens (tertiary/aromatic N) is 1. The molecule has 0 radical (unpaired) electrons. The maximum atomic E-state index is 12.3. The third-order valence-electron chi connectivity index (χ3n) is 3.11. The van der Waals surface area contributed by atoms with E-state index in [1.54, 1.807) is 18.9 Å². The van der Waals surface area contributed by atoms with Crippen molar-refractivity contribution in [2.75, 3.05) is 19.6 Å². The van der Waals surface area contributed by atoms with Gasteiger partial charge in [-0.2, -0.15) is 0 Å². The zero-order valence-corrected chi connectivity index (χ0v) is 13.9. The molecule has 0 unspecified atom stereocenters. The van der Waals surface area contributed by atoms with Crippen molar-refractivity contribution in [2.45, 2.75) is 38.2 Å². The van der Waals surface area contributed by atoms with E-state index >= 15 is 0 Å². The first-order chi connectivity index (χ1) is 9.89. The smallest absolute Gasteiger partial charge is 0.255 e. The molecule has 116 valence electrons. The molecule has 0 saturated carbocycles. The number of epoxide rings is 1. The van der Waals surface area contributed by atoms with E-state index in [1.165, 1.54) is 0 Å². The molecule has 1 saturated heterocycles. The number of rotatable bonds is 6. The first kappa shape index (κ1) is 16.2. The zero-order valence-electron chi connectivity index (χ0n) is 13.1. The highest BCUT2D eigenvalue weighted by Crippen LogP contribution is 2.26. The SMILES string of the molecule is COc1ccc(CN(CSC(C)(C)C)C(=O)[C@H]2CO2)cc1. The lowest BCUT2D eigenvalue weighted by Crippen LogP contribution is -2.35. The number of thioether (sulfide) groups is 1. The summed E-state index contributed by atoms with van der Waals surface area (Å²) in [5.74, 6) is 1.59. The molecule has 0 aliphatic carbocycles. The van der Waals surface area contributed by atoms with Crippen molar-refractivity contribution in [3.8, 4) is 5.75 Å². The van der Waals surface area contributed by atoms with Gasteiger partial charge in [-0.05, 0) is 17.7 Å². The van der Waals surface area contributed by atoms with Crippen LogP contribution in [0.2, 0.25) is 0 Å². The fraction of sp³-hybridized carbons (Fsp3) is 0.562. The van der Waals surface area contributed by atoms with Crippen LogP contribution in [0.1, 0.15) is 26.3 Å². The van der Waals surface area contributed by atoms with Crippen molar-refractivity contribution >= 4 is 17.7 Å². The predicted octanol–water partition coefficient (Wildman–Crippen LogP) is 2.91. The van der Waals surface area contributed by atoms with E-state index in [9.17, 15) is 4.79 Å². The number of hydrogen-bond acceptors (Lipinski definition) is 4. The van der Waals surface area contributed by atoms with E-state index in [4.69, 9.17) is 9.47 Å². The Morgan fingerprint density at radius 2 is 2.00 bits per heavy atom. The van der Waals surface area contributed by atoms with Crippen molar-refractivity contribution < 1.29 is 14.3 Å². The quantitative estimate of drug-likeness (QED) is 0.598. The molecule has 1 aliphatic heterocycles. The minimum absolute atomic E-state index is 0.0857. The summed E-state index contributed by atoms with van der Waals surface area (Å²) in [6.45, 7) is 7.62. The van der Waals surface area contributed by atoms with Crippen LogP contribution in [-0.4, -0.2) is 41.3 Å². The summed E-state index contributed by atoms with van der Waals surface area (Å²) in [7, 11) is 1.65. The van der Waals surface area contributed by atoms with Gasteiger partial charge in [-0.15, -0.1) is 11.8 Å². The molecule has 0 spiro atoms. The molecular formula is C16H23NO3S. The fourth-order valence-electron chi connectivity index (χ4n) is 1.80. The maximum Gasteiger partial charge on any atom is 0.255 e. The number of carbonyl (C=O) groups excluding carboxylic acids is 1. The number of ether oxygens (including phenoxy) is 2. The van der Waals surface area contributed by atoms with E-state index in [-0.39, 0.29) is 16.8 Å². The van der Waals surface area contributed by atoms with Crippen LogP contribution in [0.25, 0.3) is 0 Å². The molecule has 1 aromatic rings. The summed E-state index contributed by atoms with van der Waals surface area (Å²) in [6.07, 6.45) is -0.233. The summed E-state index contributed by atoms with van der Waals surface area (Å²) >= 11 is 1.77. The first-order valence-electron chi connectivity index (χ1n) is 7.06. The second kappa shape index (κ2) is 6.71. The minimum atomic E-state index is -0.233. The molecule has 5 heteroatoms. The Morgan fingerprint density at radius 3 is 2.48 bits per heavy atom. The van der Waals surface area contributed by atoms with Crippen LogP contribution in [0.3, 0.4) is 0 Å². The first-order valence-corrected chi connectivity index (χ1v) is 8.05. The Bertz CT molecular complexity index is 477. The third kappa shape index (κ3) is 5.25. The van der Waals surface area contributed by atoms with Crippen LogP contribution in [0.5, 0.6) is 5.75 Å². The van der Waals surface area contributed by atoms with E-state index in [2.05, 4.69) is 20.8 Å². The van der Waals surface area contributed by atoms with Crippen molar-refractivity contribution in [3.05, 3.63) is 29.8 Å². The molecule has 1 aliphatic rings. The van der Waals surface area contributed by atoms with E-state index < -0.39 is 0 Å². The van der Waals surface area contributed by atoms with Gasteiger partial charge in [-0.1, -0.05) is 32.9 Å². The summed E-state index contributed by atoms with van der Waals surface area (Å²) in [4.78, 5) is 14.2. The summed E-state index contributed by atoms with van der Waals surface area (Å²) in [5, 5.41) is 0. The second-order valence-electron chi connectivity index (χ2n) is 6.09. The minimum Gasteiger partial charge on any atom is -0.497 e. The number of carbonyl (C=O) groups is 1. The van der Waals surface area contributed by atoms with Crippen LogP contribution < -0.4 is 4.74 Å². The average Bonchev–Trinajstić information content (AvgIpc) is 3.27. The molecular weight excluding hydrogens is 286 g/mol. The molecule has 2 rings (SSSR count). The van der Waals surface area contributed by atoms with Gasteiger partial charge in [-0.25, -0.2) is 0 Å². The Morgan fingerprint density at radius 1 is 1.38 bits per heavy atom. The van der Waals surface area contributed by atoms with Gasteiger partial charge in [0.1, 0.15) is 5.75 Å². The second-order valence-corrected chi connectivity index (χ2v) is 7.86. The lowest BCUT2D eigenvalue weighted by Gasteiger charge is -2.26. The van der Waals surface area contributed by atoms with Gasteiger partial charge in [0.25, 0.3) is 5.91 Å². The lowest BCUT2D eigenvalue weighted by molar-refractivity contribution is -0.132. The molecule has 1 aromatic carbocycles. The van der Waals surface area contributed by atoms with E-state index in [0.717, 1.165) is 11.3 Å². The van der Waals surface area contributed by atoms with Gasteiger partial charge < -0.3 is 14.4 Å². The van der Waals surface area contributed by atoms with Gasteiger partial charge in [0.15, 0.2) is 6.10 Å². The van der Waals surface area contributed by atoms with Crippen molar-refractivity contribution in [1.29, 1.82) is 0 Å². The van der Waals surface area contributed by atoms with Crippen LogP contribution in [0, 0.1) is 0 Å². The molecule has 21 heavy (non-hydrogen) atoms. The van der Waals surface area contributed by atoms with Gasteiger partial charge in [0, 0.05) is 11.3 Å². The topological polar surface area (TPSA) is 42.1 Å². The average molecular weight is 309 g/mol. The normalized spacial score (nSPS) is 17.4. The Balaban J connectivity index is 2.01. The third-order valence-corrected chi connectivity index (χ3v) is 4.41. The van der Waals surface area contributed by atoms with Gasteiger partial charge in [0.05, 0.1) is 19.6 Å². The highest BCUT2D eigenvalue weighted by molar-refractivity contribution is 8.00. The van der Waals surface area contributed by atoms with Crippen molar-refractivity contribution in [3.63, 3.8) is 0 Å². The molecule has 1 amide bonds. The Hall–Kier alpha value is -1.20. The molecule has 1 fully saturated rings. The molecule has 1 atom stereocenters. The zero-order chi connectivity index (χ0) is 15.5. The van der Waals surface area contributed by atoms with Crippen molar-refractivity contribution in [1.82, 2.24) is 4.90 Å². The molecule has 0 aromatic heterocycles. The highest BCUT2D eigenvalue weighted by Gasteiger charge is 2.35. The summed E-state index contributed by atoms with van der Waals surface area (Å²) in [5.41, 5.74) is 1.10. The number of hydrogen-bond donors (Lipinski definition) is 0. The highest BCUT2D eigenvalue weighted by atomic mass is 32.2. The maximum absolute atomic E-state index is 12.3. The summed E-state index contributed by atoms with van der Waals surface area (Å²) in [6, 6.07) is 7.83. The number of benzene rings is 1. The number of amides is 1. The lowest BCUT2D eigenvalue weighted by atomic mass is 10.2. The molecule has 0 N–H and O–H groups in total. The monoisotopic (exact) mass is 309 g/mol. The Labute approximate surface area is 130 Å². The van der Waals surface area contributed by atoms with Crippen molar-refractivity contribution in [2.24, 2.45) is 0 Å². The predicted molar refractivity (Wildman–Crippen MR) is 85.5 cm³/mol. The molecule has 1 heterocycles. The van der Waals surface area contributed by atoms with Crippen LogP contribution in [-0.2, 0) is 16.1 Å². The van der Waals surface area contributed by atoms with Gasteiger partial charge in [-0.3, -0.25) is 4.79 Å². The summed E-state index contributed by atoms with van der Waals surface area (Å²) < 4.78 is 10.4. The fourth-order valence-corrected chi connectivity index (χ4v) is 2.57. The van der Waals surface area contributed by atoms with E-state index in [1.807, 2.05) is 29.2 Å².